The Labute approximate surface area is 72.7 Å². The molecule has 0 atom stereocenters. The zero-order valence-electron chi connectivity index (χ0n) is 8.00. The second kappa shape index (κ2) is 9.91. The highest BCUT2D eigenvalue weighted by Crippen LogP contribution is 1.87. The highest BCUT2D eigenvalue weighted by Gasteiger charge is 1.82. The van der Waals surface area contributed by atoms with Crippen molar-refractivity contribution in [2.45, 2.75) is 20.8 Å². The number of aryl methyl sites for hydroxylation is 1. The summed E-state index contributed by atoms with van der Waals surface area (Å²) in [4.78, 5) is 10.4. The highest BCUT2D eigenvalue weighted by molar-refractivity contribution is 4.96. The molecule has 1 N–H and O–H groups in total. The molecule has 0 radical (unpaired) electrons. The predicted molar refractivity (Wildman–Crippen MR) is 49.2 cm³/mol. The minimum absolute atomic E-state index is 0.00579. The van der Waals surface area contributed by atoms with Crippen molar-refractivity contribution in [1.29, 1.82) is 0 Å². The molecule has 3 heteroatoms. The lowest BCUT2D eigenvalue weighted by Crippen LogP contribution is -1.93. The Bertz CT molecular complexity index is 227. The van der Waals surface area contributed by atoms with Crippen LogP contribution in [-0.4, -0.2) is 12.2 Å². The van der Waals surface area contributed by atoms with Crippen LogP contribution < -0.4 is 5.43 Å². The molecule has 0 aliphatic rings. The maximum atomic E-state index is 10.4. The maximum Gasteiger partial charge on any atom is 0.185 e. The van der Waals surface area contributed by atoms with E-state index >= 15 is 0 Å². The van der Waals surface area contributed by atoms with Crippen LogP contribution in [0.5, 0.6) is 0 Å². The van der Waals surface area contributed by atoms with Crippen molar-refractivity contribution < 1.29 is 9.52 Å². The molecule has 1 rings (SSSR count). The summed E-state index contributed by atoms with van der Waals surface area (Å²) in [7, 11) is 1.00. The molecule has 0 aliphatic heterocycles. The van der Waals surface area contributed by atoms with Gasteiger partial charge in [-0.25, -0.2) is 0 Å². The quantitative estimate of drug-likeness (QED) is 0.646. The van der Waals surface area contributed by atoms with E-state index in [1.807, 2.05) is 13.8 Å². The van der Waals surface area contributed by atoms with E-state index in [9.17, 15) is 4.79 Å². The Morgan fingerprint density at radius 3 is 2.08 bits per heavy atom. The fourth-order valence-electron chi connectivity index (χ4n) is 0.491. The van der Waals surface area contributed by atoms with Crippen molar-refractivity contribution in [3.05, 3.63) is 34.4 Å². The smallest absolute Gasteiger partial charge is 0.185 e. The number of aliphatic hydroxyl groups excluding tert-OH is 1. The van der Waals surface area contributed by atoms with Crippen molar-refractivity contribution in [3.63, 3.8) is 0 Å². The summed E-state index contributed by atoms with van der Waals surface area (Å²) in [5, 5.41) is 7.00. The van der Waals surface area contributed by atoms with E-state index in [0.717, 1.165) is 7.11 Å². The minimum Gasteiger partial charge on any atom is -0.469 e. The van der Waals surface area contributed by atoms with Crippen molar-refractivity contribution >= 4 is 0 Å². The molecule has 12 heavy (non-hydrogen) atoms. The first kappa shape index (κ1) is 13.5. The SMILES string of the molecule is CC.CO.Cc1cc(=O)cco1. The van der Waals surface area contributed by atoms with Gasteiger partial charge in [0.05, 0.1) is 6.26 Å². The Hall–Kier alpha value is -1.09. The average molecular weight is 172 g/mol. The van der Waals surface area contributed by atoms with E-state index in [1.54, 1.807) is 6.92 Å². The summed E-state index contributed by atoms with van der Waals surface area (Å²) >= 11 is 0. The molecule has 0 aromatic carbocycles. The molecule has 1 heterocycles. The molecule has 0 fully saturated rings. The Morgan fingerprint density at radius 1 is 1.33 bits per heavy atom. The van der Waals surface area contributed by atoms with E-state index in [-0.39, 0.29) is 5.43 Å². The summed E-state index contributed by atoms with van der Waals surface area (Å²) < 4.78 is 4.81. The van der Waals surface area contributed by atoms with Crippen LogP contribution in [0, 0.1) is 6.92 Å². The van der Waals surface area contributed by atoms with Crippen LogP contribution in [0.15, 0.2) is 27.6 Å². The van der Waals surface area contributed by atoms with Gasteiger partial charge in [-0.1, -0.05) is 13.8 Å². The van der Waals surface area contributed by atoms with Crippen molar-refractivity contribution in [2.24, 2.45) is 0 Å². The molecule has 3 nitrogen and oxygen atoms in total. The Balaban J connectivity index is 0. The van der Waals surface area contributed by atoms with Crippen molar-refractivity contribution in [3.8, 4) is 0 Å². The molecule has 1 aromatic rings. The van der Waals surface area contributed by atoms with Crippen LogP contribution >= 0.6 is 0 Å². The lowest BCUT2D eigenvalue weighted by molar-refractivity contribution is 0.399. The average Bonchev–Trinajstić information content (AvgIpc) is 2.11. The van der Waals surface area contributed by atoms with Gasteiger partial charge in [-0.05, 0) is 6.92 Å². The predicted octanol–water partition coefficient (Wildman–Crippen LogP) is 1.58. The van der Waals surface area contributed by atoms with E-state index < -0.39 is 0 Å². The number of aliphatic hydroxyl groups is 1. The number of hydrogen-bond acceptors (Lipinski definition) is 3. The van der Waals surface area contributed by atoms with Gasteiger partial charge in [-0.2, -0.15) is 0 Å². The van der Waals surface area contributed by atoms with Crippen molar-refractivity contribution in [1.82, 2.24) is 0 Å². The normalized spacial score (nSPS) is 7.08. The fraction of sp³-hybridized carbons (Fsp3) is 0.444. The lowest BCUT2D eigenvalue weighted by Gasteiger charge is -1.83. The van der Waals surface area contributed by atoms with Gasteiger partial charge in [0.15, 0.2) is 5.43 Å². The molecule has 0 saturated carbocycles. The largest absolute Gasteiger partial charge is 0.469 e. The van der Waals surface area contributed by atoms with Crippen LogP contribution in [0.1, 0.15) is 19.6 Å². The third-order valence-electron chi connectivity index (χ3n) is 0.832. The van der Waals surface area contributed by atoms with Gasteiger partial charge in [0.25, 0.3) is 0 Å². The first-order valence-corrected chi connectivity index (χ1v) is 3.79. The lowest BCUT2D eigenvalue weighted by atomic mass is 10.4. The molecule has 0 bridgehead atoms. The molecule has 0 saturated heterocycles. The minimum atomic E-state index is -0.00579. The van der Waals surface area contributed by atoms with Crippen LogP contribution in [0.2, 0.25) is 0 Å². The molecular weight excluding hydrogens is 156 g/mol. The fourth-order valence-corrected chi connectivity index (χ4v) is 0.491. The maximum absolute atomic E-state index is 10.4. The summed E-state index contributed by atoms with van der Waals surface area (Å²) in [6.45, 7) is 5.74. The molecule has 0 unspecified atom stereocenters. The molecule has 1 aromatic heterocycles. The van der Waals surface area contributed by atoms with Gasteiger partial charge in [-0.15, -0.1) is 0 Å². The summed E-state index contributed by atoms with van der Waals surface area (Å²) in [5.41, 5.74) is -0.00579. The zero-order valence-corrected chi connectivity index (χ0v) is 8.00. The molecule has 0 amide bonds. The molecule has 0 spiro atoms. The second-order valence-electron chi connectivity index (χ2n) is 1.58. The molecule has 70 valence electrons. The van der Waals surface area contributed by atoms with Gasteiger partial charge < -0.3 is 9.52 Å². The third-order valence-corrected chi connectivity index (χ3v) is 0.832. The van der Waals surface area contributed by atoms with Crippen LogP contribution in [0.25, 0.3) is 0 Å². The number of hydrogen-bond donors (Lipinski definition) is 1. The van der Waals surface area contributed by atoms with Gasteiger partial charge in [0, 0.05) is 19.2 Å². The standard InChI is InChI=1S/C6H6O2.C2H6.CH4O/c1-5-4-6(7)2-3-8-5;2*1-2/h2-4H,1H3;1-2H3;2H,1H3. The van der Waals surface area contributed by atoms with Gasteiger partial charge in [0.2, 0.25) is 0 Å². The summed E-state index contributed by atoms with van der Waals surface area (Å²) in [6, 6.07) is 2.83. The Morgan fingerprint density at radius 2 is 1.83 bits per heavy atom. The second-order valence-corrected chi connectivity index (χ2v) is 1.58. The van der Waals surface area contributed by atoms with Gasteiger partial charge >= 0.3 is 0 Å². The van der Waals surface area contributed by atoms with Crippen LogP contribution in [0.3, 0.4) is 0 Å². The molecule has 0 aliphatic carbocycles. The highest BCUT2D eigenvalue weighted by atomic mass is 16.3. The Kier molecular flexibility index (Phi) is 11.1. The molecular formula is C9H16O3. The van der Waals surface area contributed by atoms with E-state index in [2.05, 4.69) is 0 Å². The third kappa shape index (κ3) is 7.02. The van der Waals surface area contributed by atoms with Gasteiger partial charge in [-0.3, -0.25) is 4.79 Å². The summed E-state index contributed by atoms with van der Waals surface area (Å²) in [5.74, 6) is 0.650. The van der Waals surface area contributed by atoms with Crippen LogP contribution in [0.4, 0.5) is 0 Å². The van der Waals surface area contributed by atoms with Crippen LogP contribution in [-0.2, 0) is 0 Å². The summed E-state index contributed by atoms with van der Waals surface area (Å²) in [6.07, 6.45) is 1.39. The van der Waals surface area contributed by atoms with Gasteiger partial charge in [0.1, 0.15) is 5.76 Å². The first-order chi connectivity index (χ1) is 5.79. The van der Waals surface area contributed by atoms with E-state index in [4.69, 9.17) is 9.52 Å². The number of rotatable bonds is 0. The monoisotopic (exact) mass is 172 g/mol. The van der Waals surface area contributed by atoms with E-state index in [0.29, 0.717) is 5.76 Å². The zero-order chi connectivity index (χ0) is 9.98. The first-order valence-electron chi connectivity index (χ1n) is 3.79. The topological polar surface area (TPSA) is 50.4 Å². The van der Waals surface area contributed by atoms with E-state index in [1.165, 1.54) is 18.4 Å². The van der Waals surface area contributed by atoms with Crippen molar-refractivity contribution in [2.75, 3.05) is 7.11 Å².